The van der Waals surface area contributed by atoms with Crippen molar-refractivity contribution in [3.05, 3.63) is 46.8 Å². The van der Waals surface area contributed by atoms with E-state index < -0.39 is 30.2 Å². The molecule has 4 aliphatic rings. The molecule has 0 bridgehead atoms. The van der Waals surface area contributed by atoms with Gasteiger partial charge in [0.2, 0.25) is 29.5 Å². The predicted molar refractivity (Wildman–Crippen MR) is 208 cm³/mol. The van der Waals surface area contributed by atoms with E-state index in [4.69, 9.17) is 0 Å². The smallest absolute Gasteiger partial charge is 0.246 e. The molecule has 5 N–H and O–H groups in total. The van der Waals surface area contributed by atoms with Crippen LogP contribution in [0.2, 0.25) is 0 Å². The highest BCUT2D eigenvalue weighted by Crippen LogP contribution is 2.32. The lowest BCUT2D eigenvalue weighted by atomic mass is 9.87. The lowest BCUT2D eigenvalue weighted by molar-refractivity contribution is -0.141. The molecule has 18 heteroatoms. The molecule has 6 atom stereocenters. The van der Waals surface area contributed by atoms with Crippen LogP contribution in [0.1, 0.15) is 80.9 Å². The Bertz CT molecular complexity index is 1970. The summed E-state index contributed by atoms with van der Waals surface area (Å²) in [6, 6.07) is 4.26. The van der Waals surface area contributed by atoms with Crippen molar-refractivity contribution < 1.29 is 24.0 Å². The lowest BCUT2D eigenvalue weighted by Crippen LogP contribution is -2.56. The second-order valence-corrected chi connectivity index (χ2v) is 15.6. The maximum Gasteiger partial charge on any atom is 0.246 e. The van der Waals surface area contributed by atoms with Gasteiger partial charge in [-0.1, -0.05) is 34.7 Å². The number of nitrogens with one attached hydrogen (secondary N) is 5. The number of benzene rings is 1. The number of nitrogens with zero attached hydrogens (tertiary/aromatic N) is 8. The van der Waals surface area contributed by atoms with Crippen LogP contribution in [-0.4, -0.2) is 133 Å². The van der Waals surface area contributed by atoms with Crippen LogP contribution < -0.4 is 26.6 Å². The Morgan fingerprint density at radius 2 is 1.30 bits per heavy atom. The van der Waals surface area contributed by atoms with Crippen molar-refractivity contribution in [2.24, 2.45) is 0 Å². The van der Waals surface area contributed by atoms with Gasteiger partial charge in [-0.3, -0.25) is 24.0 Å². The van der Waals surface area contributed by atoms with Crippen molar-refractivity contribution in [2.45, 2.75) is 121 Å². The van der Waals surface area contributed by atoms with Gasteiger partial charge in [0.25, 0.3) is 0 Å². The number of hydrogen-bond acceptors (Lipinski definition) is 11. The van der Waals surface area contributed by atoms with Crippen molar-refractivity contribution in [1.82, 2.24) is 66.4 Å². The Morgan fingerprint density at radius 1 is 0.719 bits per heavy atom. The number of fused-ring (bicyclic) bond motifs is 4. The topological polar surface area (TPSA) is 213 Å². The summed E-state index contributed by atoms with van der Waals surface area (Å²) < 4.78 is 3.46. The van der Waals surface area contributed by atoms with E-state index in [9.17, 15) is 24.0 Å². The number of likely N-dealkylation sites (N-methyl/N-ethyl adjacent to an activating group) is 2. The fourth-order valence-electron chi connectivity index (χ4n) is 8.47. The molecule has 2 saturated heterocycles. The molecule has 3 aromatic rings. The second-order valence-electron chi connectivity index (χ2n) is 15.6. The van der Waals surface area contributed by atoms with E-state index in [1.807, 2.05) is 12.1 Å². The minimum atomic E-state index is -1.07. The molecule has 2 fully saturated rings. The van der Waals surface area contributed by atoms with Gasteiger partial charge in [-0.2, -0.15) is 0 Å². The van der Waals surface area contributed by atoms with Gasteiger partial charge in [-0.15, -0.1) is 10.2 Å². The highest BCUT2D eigenvalue weighted by atomic mass is 16.2. The third-order valence-electron chi connectivity index (χ3n) is 12.0. The summed E-state index contributed by atoms with van der Waals surface area (Å²) in [5, 5.41) is 32.9. The fraction of sp³-hybridized carbons (Fsp3) is 0.615. The van der Waals surface area contributed by atoms with Crippen LogP contribution in [0.25, 0.3) is 11.4 Å². The van der Waals surface area contributed by atoms with Crippen molar-refractivity contribution in [3.63, 3.8) is 0 Å². The van der Waals surface area contributed by atoms with Gasteiger partial charge in [0.1, 0.15) is 29.5 Å². The molecule has 2 aromatic heterocycles. The first kappa shape index (κ1) is 40.0. The third-order valence-corrected chi connectivity index (χ3v) is 12.0. The van der Waals surface area contributed by atoms with E-state index >= 15 is 0 Å². The van der Waals surface area contributed by atoms with Gasteiger partial charge in [0.05, 0.1) is 42.6 Å². The molecule has 0 radical (unpaired) electrons. The van der Waals surface area contributed by atoms with Crippen LogP contribution in [0.5, 0.6) is 0 Å². The number of amides is 5. The van der Waals surface area contributed by atoms with E-state index in [0.717, 1.165) is 37.7 Å². The molecular weight excluding hydrogens is 731 g/mol. The maximum atomic E-state index is 14.6. The minimum absolute atomic E-state index is 0.0195. The Balaban J connectivity index is 1.15. The van der Waals surface area contributed by atoms with Gasteiger partial charge in [0, 0.05) is 32.5 Å². The van der Waals surface area contributed by atoms with E-state index in [2.05, 4.69) is 59.3 Å². The molecule has 3 aliphatic heterocycles. The van der Waals surface area contributed by atoms with Crippen LogP contribution >= 0.6 is 0 Å². The molecule has 0 saturated carbocycles. The van der Waals surface area contributed by atoms with Gasteiger partial charge in [-0.25, -0.2) is 9.36 Å². The maximum absolute atomic E-state index is 14.6. The van der Waals surface area contributed by atoms with Crippen LogP contribution in [0, 0.1) is 0 Å². The number of carbonyl (C=O) groups excluding carboxylic acids is 5. The first-order chi connectivity index (χ1) is 27.6. The Morgan fingerprint density at radius 3 is 1.89 bits per heavy atom. The summed E-state index contributed by atoms with van der Waals surface area (Å²) in [7, 11) is 3.35. The Hall–Kier alpha value is -5.23. The third kappa shape index (κ3) is 8.42. The molecule has 1 aliphatic carbocycles. The molecule has 0 spiro atoms. The van der Waals surface area contributed by atoms with Gasteiger partial charge < -0.3 is 36.4 Å². The van der Waals surface area contributed by atoms with Crippen molar-refractivity contribution in [2.75, 3.05) is 33.7 Å². The Labute approximate surface area is 332 Å². The molecule has 306 valence electrons. The standard InChI is InChI=1S/C39H55N13O5/c1-23(40-3)35(53)43-30(38(56)49-16-7-8-17-49)21-28-33-34-29(46-48-52(34)20-19-51(33)47-45-28)22-31(44-36(54)24(2)41-4)39(57)50-18-10-15-32(50)37(55)42-27-14-9-12-25-11-5-6-13-26(25)27/h5-6,11,13,23-24,27,30-32,40-41H,7-10,12,14-22H2,1-4H3,(H,42,55)(H,43,53)(H,44,54)/t23-,24-,27+,30-,31-,32-/m0/s1. The number of aromatic nitrogens is 6. The average molecular weight is 786 g/mol. The van der Waals surface area contributed by atoms with E-state index in [1.165, 1.54) is 5.56 Å². The molecule has 57 heavy (non-hydrogen) atoms. The van der Waals surface area contributed by atoms with E-state index in [0.29, 0.717) is 68.3 Å². The van der Waals surface area contributed by atoms with Gasteiger partial charge >= 0.3 is 0 Å². The lowest BCUT2D eigenvalue weighted by Gasteiger charge is -2.32. The SMILES string of the molecule is CN[C@@H](C)C(=O)N[C@@H](Cc1nnn2c1-c1c(C[C@H](NC(=O)[C@H](C)NC)C(=O)N3CCC[C@H]3C(=O)N[C@@H]3CCCc4ccccc43)nnn1CC2)C(=O)N1CCCC1. The molecule has 1 aromatic carbocycles. The van der Waals surface area contributed by atoms with Crippen molar-refractivity contribution in [3.8, 4) is 11.4 Å². The quantitative estimate of drug-likeness (QED) is 0.142. The highest BCUT2D eigenvalue weighted by Gasteiger charge is 2.41. The monoisotopic (exact) mass is 785 g/mol. The summed E-state index contributed by atoms with van der Waals surface area (Å²) in [6.45, 7) is 5.92. The molecule has 18 nitrogen and oxygen atoms in total. The second kappa shape index (κ2) is 17.5. The number of aryl methyl sites for hydroxylation is 3. The van der Waals surface area contributed by atoms with Crippen LogP contribution in [0.15, 0.2) is 24.3 Å². The van der Waals surface area contributed by atoms with Crippen molar-refractivity contribution >= 4 is 29.5 Å². The van der Waals surface area contributed by atoms with Crippen LogP contribution in [0.4, 0.5) is 0 Å². The molecule has 5 amide bonds. The van der Waals surface area contributed by atoms with Gasteiger partial charge in [0.15, 0.2) is 0 Å². The number of likely N-dealkylation sites (tertiary alicyclic amines) is 2. The summed E-state index contributed by atoms with van der Waals surface area (Å²) in [4.78, 5) is 72.2. The highest BCUT2D eigenvalue weighted by molar-refractivity contribution is 5.94. The van der Waals surface area contributed by atoms with Crippen LogP contribution in [0.3, 0.4) is 0 Å². The number of hydrogen-bond donors (Lipinski definition) is 5. The number of rotatable bonds is 14. The van der Waals surface area contributed by atoms with Gasteiger partial charge in [-0.05, 0) is 84.0 Å². The average Bonchev–Trinajstić information content (AvgIpc) is 4.07. The molecular formula is C39H55N13O5. The largest absolute Gasteiger partial charge is 0.347 e. The summed E-state index contributed by atoms with van der Waals surface area (Å²) in [6.07, 6.45) is 5.77. The zero-order valence-corrected chi connectivity index (χ0v) is 33.3. The zero-order chi connectivity index (χ0) is 40.2. The number of carbonyl (C=O) groups is 5. The summed E-state index contributed by atoms with van der Waals surface area (Å²) in [5.41, 5.74) is 4.42. The molecule has 7 rings (SSSR count). The molecule has 5 heterocycles. The van der Waals surface area contributed by atoms with Crippen molar-refractivity contribution in [1.29, 1.82) is 0 Å². The first-order valence-corrected chi connectivity index (χ1v) is 20.4. The van der Waals surface area contributed by atoms with Crippen LogP contribution in [-0.2, 0) is 56.3 Å². The Kier molecular flexibility index (Phi) is 12.3. The fourth-order valence-corrected chi connectivity index (χ4v) is 8.47. The minimum Gasteiger partial charge on any atom is -0.347 e. The predicted octanol–water partition coefficient (Wildman–Crippen LogP) is -0.372. The summed E-state index contributed by atoms with van der Waals surface area (Å²) in [5.74, 6) is -1.45. The molecule has 0 unspecified atom stereocenters. The van der Waals surface area contributed by atoms with E-state index in [-0.39, 0.29) is 48.4 Å². The summed E-state index contributed by atoms with van der Waals surface area (Å²) >= 11 is 0. The van der Waals surface area contributed by atoms with E-state index in [1.54, 1.807) is 47.1 Å². The zero-order valence-electron chi connectivity index (χ0n) is 33.3. The first-order valence-electron chi connectivity index (χ1n) is 20.4. The normalized spacial score (nSPS) is 20.8.